The van der Waals surface area contributed by atoms with Crippen LogP contribution in [-0.4, -0.2) is 29.8 Å². The van der Waals surface area contributed by atoms with Crippen molar-refractivity contribution in [3.8, 4) is 5.75 Å². The molecular formula is C25H21N3O2. The molecule has 0 spiro atoms. The van der Waals surface area contributed by atoms with Crippen LogP contribution in [0.2, 0.25) is 0 Å². The van der Waals surface area contributed by atoms with Crippen LogP contribution in [0.5, 0.6) is 5.75 Å². The van der Waals surface area contributed by atoms with Gasteiger partial charge in [0.1, 0.15) is 11.4 Å². The number of hydrogen-bond acceptors (Lipinski definition) is 4. The van der Waals surface area contributed by atoms with Crippen molar-refractivity contribution in [3.63, 3.8) is 0 Å². The number of hydrogen-bond donors (Lipinski definition) is 2. The second kappa shape index (κ2) is 7.52. The van der Waals surface area contributed by atoms with E-state index in [0.717, 1.165) is 28.1 Å². The van der Waals surface area contributed by atoms with E-state index in [1.165, 1.54) is 0 Å². The first-order chi connectivity index (χ1) is 14.7. The van der Waals surface area contributed by atoms with Gasteiger partial charge in [-0.3, -0.25) is 14.7 Å². The summed E-state index contributed by atoms with van der Waals surface area (Å²) in [6.07, 6.45) is 0. The number of carbonyl (C=O) groups is 1. The van der Waals surface area contributed by atoms with E-state index < -0.39 is 0 Å². The summed E-state index contributed by atoms with van der Waals surface area (Å²) in [5.41, 5.74) is 5.03. The standard InChI is InChI=1S/C25H21N3O2/c29-20-13-11-18(12-14-20)24-21-22(17-7-3-1-4-8-17)26-15-16-27-23(21)25(30)28(24)19-9-5-2-6-10-19/h1-14,24,27,29H,15-16H2/t24-/m1/s1. The highest BCUT2D eigenvalue weighted by molar-refractivity contribution is 6.23. The molecule has 1 amide bonds. The molecule has 148 valence electrons. The van der Waals surface area contributed by atoms with Gasteiger partial charge in [0.2, 0.25) is 0 Å². The molecule has 0 aliphatic carbocycles. The zero-order chi connectivity index (χ0) is 20.5. The van der Waals surface area contributed by atoms with Crippen LogP contribution in [0.25, 0.3) is 0 Å². The number of nitrogens with one attached hydrogen (secondary N) is 1. The Morgan fingerprint density at radius 3 is 2.27 bits per heavy atom. The van der Waals surface area contributed by atoms with Crippen LogP contribution in [0.3, 0.4) is 0 Å². The molecule has 0 unspecified atom stereocenters. The molecule has 5 rings (SSSR count). The van der Waals surface area contributed by atoms with Gasteiger partial charge in [0.25, 0.3) is 5.91 Å². The van der Waals surface area contributed by atoms with Crippen molar-refractivity contribution in [2.75, 3.05) is 18.0 Å². The van der Waals surface area contributed by atoms with Gasteiger partial charge in [-0.25, -0.2) is 0 Å². The van der Waals surface area contributed by atoms with Crippen molar-refractivity contribution in [2.45, 2.75) is 6.04 Å². The van der Waals surface area contributed by atoms with Crippen LogP contribution >= 0.6 is 0 Å². The van der Waals surface area contributed by atoms with Crippen LogP contribution in [0.1, 0.15) is 17.2 Å². The van der Waals surface area contributed by atoms with E-state index in [1.54, 1.807) is 12.1 Å². The van der Waals surface area contributed by atoms with Gasteiger partial charge in [-0.1, -0.05) is 60.7 Å². The number of anilines is 1. The zero-order valence-electron chi connectivity index (χ0n) is 16.3. The van der Waals surface area contributed by atoms with Crippen molar-refractivity contribution in [1.29, 1.82) is 0 Å². The van der Waals surface area contributed by atoms with Gasteiger partial charge in [-0.15, -0.1) is 0 Å². The lowest BCUT2D eigenvalue weighted by atomic mass is 9.91. The molecule has 0 saturated carbocycles. The maximum Gasteiger partial charge on any atom is 0.275 e. The molecule has 3 aromatic carbocycles. The predicted octanol–water partition coefficient (Wildman–Crippen LogP) is 3.83. The number of phenols is 1. The van der Waals surface area contributed by atoms with Crippen molar-refractivity contribution in [3.05, 3.63) is 107 Å². The Bertz CT molecular complexity index is 1140. The first-order valence-corrected chi connectivity index (χ1v) is 10.00. The summed E-state index contributed by atoms with van der Waals surface area (Å²) in [6, 6.07) is 26.4. The molecule has 2 aliphatic heterocycles. The molecular weight excluding hydrogens is 374 g/mol. The van der Waals surface area contributed by atoms with Crippen molar-refractivity contribution in [2.24, 2.45) is 4.99 Å². The number of amides is 1. The number of para-hydroxylation sites is 1. The minimum Gasteiger partial charge on any atom is -0.508 e. The Kier molecular flexibility index (Phi) is 4.56. The topological polar surface area (TPSA) is 64.9 Å². The second-order valence-electron chi connectivity index (χ2n) is 7.32. The van der Waals surface area contributed by atoms with Gasteiger partial charge < -0.3 is 10.4 Å². The van der Waals surface area contributed by atoms with E-state index >= 15 is 0 Å². The summed E-state index contributed by atoms with van der Waals surface area (Å²) in [5.74, 6) is 0.124. The molecule has 0 fully saturated rings. The minimum atomic E-state index is -0.347. The monoisotopic (exact) mass is 395 g/mol. The highest BCUT2D eigenvalue weighted by atomic mass is 16.3. The number of aromatic hydroxyl groups is 1. The van der Waals surface area contributed by atoms with Crippen LogP contribution < -0.4 is 10.2 Å². The molecule has 1 atom stereocenters. The van der Waals surface area contributed by atoms with E-state index in [1.807, 2.05) is 77.7 Å². The number of benzene rings is 3. The van der Waals surface area contributed by atoms with Crippen LogP contribution in [0, 0.1) is 0 Å². The molecule has 0 radical (unpaired) electrons. The highest BCUT2D eigenvalue weighted by Crippen LogP contribution is 2.42. The molecule has 3 aromatic rings. The molecule has 0 aromatic heterocycles. The van der Waals surface area contributed by atoms with Crippen LogP contribution in [-0.2, 0) is 4.79 Å². The van der Waals surface area contributed by atoms with Crippen LogP contribution in [0.15, 0.2) is 101 Å². The number of nitrogens with zero attached hydrogens (tertiary/aromatic N) is 2. The van der Waals surface area contributed by atoms with Crippen molar-refractivity contribution in [1.82, 2.24) is 5.32 Å². The lowest BCUT2D eigenvalue weighted by molar-refractivity contribution is -0.115. The average molecular weight is 395 g/mol. The first kappa shape index (κ1) is 18.2. The quantitative estimate of drug-likeness (QED) is 0.709. The zero-order valence-corrected chi connectivity index (χ0v) is 16.3. The van der Waals surface area contributed by atoms with Gasteiger partial charge in [-0.05, 0) is 29.8 Å². The number of rotatable bonds is 3. The van der Waals surface area contributed by atoms with Gasteiger partial charge in [0.15, 0.2) is 0 Å². The molecule has 2 N–H and O–H groups in total. The molecule has 2 aliphatic rings. The molecule has 5 nitrogen and oxygen atoms in total. The maximum atomic E-state index is 13.6. The minimum absolute atomic E-state index is 0.0696. The fourth-order valence-corrected chi connectivity index (χ4v) is 4.14. The maximum absolute atomic E-state index is 13.6. The third-order valence-electron chi connectivity index (χ3n) is 5.46. The Balaban J connectivity index is 1.73. The average Bonchev–Trinajstić information content (AvgIpc) is 2.93. The summed E-state index contributed by atoms with van der Waals surface area (Å²) in [6.45, 7) is 1.20. The van der Waals surface area contributed by atoms with E-state index in [4.69, 9.17) is 4.99 Å². The first-order valence-electron chi connectivity index (χ1n) is 10.00. The Labute approximate surface area is 175 Å². The normalized spacial score (nSPS) is 18.5. The van der Waals surface area contributed by atoms with Gasteiger partial charge in [0.05, 0.1) is 18.3 Å². The molecule has 5 heteroatoms. The fraction of sp³-hybridized carbons (Fsp3) is 0.120. The lowest BCUT2D eigenvalue weighted by Crippen LogP contribution is -2.33. The molecule has 0 bridgehead atoms. The number of phenolic OH excluding ortho intramolecular Hbond substituents is 1. The van der Waals surface area contributed by atoms with Crippen LogP contribution in [0.4, 0.5) is 5.69 Å². The molecule has 0 saturated heterocycles. The second-order valence-corrected chi connectivity index (χ2v) is 7.32. The SMILES string of the molecule is O=C1C2=C(C(c3ccccc3)=NCCN2)[C@@H](c2ccc(O)cc2)N1c1ccccc1. The van der Waals surface area contributed by atoms with Gasteiger partial charge >= 0.3 is 0 Å². The van der Waals surface area contributed by atoms with Crippen molar-refractivity contribution < 1.29 is 9.90 Å². The predicted molar refractivity (Wildman–Crippen MR) is 118 cm³/mol. The highest BCUT2D eigenvalue weighted by Gasteiger charge is 2.43. The van der Waals surface area contributed by atoms with Crippen molar-refractivity contribution >= 4 is 17.3 Å². The van der Waals surface area contributed by atoms with Gasteiger partial charge in [-0.2, -0.15) is 0 Å². The van der Waals surface area contributed by atoms with E-state index in [0.29, 0.717) is 18.8 Å². The fourth-order valence-electron chi connectivity index (χ4n) is 4.14. The van der Waals surface area contributed by atoms with Gasteiger partial charge in [0, 0.05) is 23.4 Å². The largest absolute Gasteiger partial charge is 0.508 e. The Morgan fingerprint density at radius 1 is 0.900 bits per heavy atom. The molecule has 30 heavy (non-hydrogen) atoms. The Morgan fingerprint density at radius 2 is 1.57 bits per heavy atom. The van der Waals surface area contributed by atoms with E-state index in [9.17, 15) is 9.90 Å². The molecule has 2 heterocycles. The summed E-state index contributed by atoms with van der Waals surface area (Å²) < 4.78 is 0. The Hall–Kier alpha value is -3.86. The third-order valence-corrected chi connectivity index (χ3v) is 5.46. The summed E-state index contributed by atoms with van der Waals surface area (Å²) in [5, 5.41) is 13.1. The van der Waals surface area contributed by atoms with E-state index in [2.05, 4.69) is 5.32 Å². The number of carbonyl (C=O) groups excluding carboxylic acids is 1. The smallest absolute Gasteiger partial charge is 0.275 e. The summed E-state index contributed by atoms with van der Waals surface area (Å²) in [4.78, 5) is 20.3. The summed E-state index contributed by atoms with van der Waals surface area (Å²) >= 11 is 0. The third kappa shape index (κ3) is 3.05. The van der Waals surface area contributed by atoms with E-state index in [-0.39, 0.29) is 17.7 Å². The number of aliphatic imine (C=N–C) groups is 1. The summed E-state index contributed by atoms with van der Waals surface area (Å²) in [7, 11) is 0. The lowest BCUT2D eigenvalue weighted by Gasteiger charge is -2.28.